The van der Waals surface area contributed by atoms with E-state index in [-0.39, 0.29) is 24.1 Å². The summed E-state index contributed by atoms with van der Waals surface area (Å²) in [5.41, 5.74) is 1.75. The van der Waals surface area contributed by atoms with Crippen molar-refractivity contribution in [1.82, 2.24) is 4.98 Å². The highest BCUT2D eigenvalue weighted by Gasteiger charge is 2.14. The van der Waals surface area contributed by atoms with Crippen LogP contribution in [-0.2, 0) is 11.2 Å². The minimum atomic E-state index is -0.387. The van der Waals surface area contributed by atoms with Crippen molar-refractivity contribution in [2.24, 2.45) is 0 Å². The number of nitrogens with one attached hydrogen (secondary N) is 2. The van der Waals surface area contributed by atoms with E-state index in [1.165, 1.54) is 31.6 Å². The zero-order chi connectivity index (χ0) is 21.7. The van der Waals surface area contributed by atoms with Crippen molar-refractivity contribution in [3.63, 3.8) is 0 Å². The van der Waals surface area contributed by atoms with Crippen molar-refractivity contribution in [1.29, 1.82) is 0 Å². The molecule has 2 amide bonds. The number of carbonyl (C=O) groups excluding carboxylic acids is 2. The summed E-state index contributed by atoms with van der Waals surface area (Å²) < 4.78 is 24.0. The maximum Gasteiger partial charge on any atom is 0.257 e. The molecule has 30 heavy (non-hydrogen) atoms. The first kappa shape index (κ1) is 21.3. The minimum absolute atomic E-state index is 0.00176. The van der Waals surface area contributed by atoms with Crippen LogP contribution in [0.5, 0.6) is 11.5 Å². The molecule has 0 spiro atoms. The molecule has 1 aromatic heterocycles. The summed E-state index contributed by atoms with van der Waals surface area (Å²) in [7, 11) is 3.00. The summed E-state index contributed by atoms with van der Waals surface area (Å²) in [6.45, 7) is 1.65. The average molecular weight is 429 g/mol. The minimum Gasteiger partial charge on any atom is -0.493 e. The van der Waals surface area contributed by atoms with Crippen LogP contribution in [0.4, 0.5) is 15.2 Å². The number of amides is 2. The molecule has 7 nitrogen and oxygen atoms in total. The lowest BCUT2D eigenvalue weighted by molar-refractivity contribution is -0.115. The molecule has 1 heterocycles. The predicted octanol–water partition coefficient (Wildman–Crippen LogP) is 4.04. The van der Waals surface area contributed by atoms with Crippen LogP contribution in [-0.4, -0.2) is 31.0 Å². The van der Waals surface area contributed by atoms with Gasteiger partial charge in [0.1, 0.15) is 5.82 Å². The van der Waals surface area contributed by atoms with Gasteiger partial charge in [-0.15, -0.1) is 11.3 Å². The van der Waals surface area contributed by atoms with Crippen LogP contribution in [0.3, 0.4) is 0 Å². The number of carbonyl (C=O) groups is 2. The van der Waals surface area contributed by atoms with Crippen LogP contribution in [0.15, 0.2) is 41.8 Å². The van der Waals surface area contributed by atoms with Crippen LogP contribution < -0.4 is 20.1 Å². The number of methoxy groups -OCH3 is 2. The molecule has 0 aliphatic carbocycles. The topological polar surface area (TPSA) is 89.5 Å². The zero-order valence-corrected chi connectivity index (χ0v) is 17.4. The van der Waals surface area contributed by atoms with E-state index >= 15 is 0 Å². The van der Waals surface area contributed by atoms with Gasteiger partial charge in [0, 0.05) is 16.6 Å². The summed E-state index contributed by atoms with van der Waals surface area (Å²) in [6, 6.07) is 9.31. The number of thiazole rings is 1. The number of nitrogens with zero attached hydrogens (tertiary/aromatic N) is 1. The lowest BCUT2D eigenvalue weighted by Crippen LogP contribution is -2.15. The Hall–Kier alpha value is -3.46. The highest BCUT2D eigenvalue weighted by molar-refractivity contribution is 7.14. The van der Waals surface area contributed by atoms with Crippen LogP contribution in [0.25, 0.3) is 0 Å². The summed E-state index contributed by atoms with van der Waals surface area (Å²) in [5, 5.41) is 7.37. The molecule has 3 rings (SSSR count). The Labute approximate surface area is 176 Å². The number of hydrogen-bond acceptors (Lipinski definition) is 6. The SMILES string of the molecule is COc1ccc(C(=O)Nc2nc(CC(=O)Nc3ccc(C)c(F)c3)cs2)cc1OC. The number of rotatable bonds is 7. The van der Waals surface area contributed by atoms with E-state index in [4.69, 9.17) is 9.47 Å². The summed E-state index contributed by atoms with van der Waals surface area (Å²) >= 11 is 1.20. The van der Waals surface area contributed by atoms with Gasteiger partial charge in [-0.1, -0.05) is 6.07 Å². The number of halogens is 1. The highest BCUT2D eigenvalue weighted by Crippen LogP contribution is 2.28. The molecule has 2 aromatic carbocycles. The Morgan fingerprint density at radius 3 is 2.53 bits per heavy atom. The fourth-order valence-corrected chi connectivity index (χ4v) is 3.34. The Morgan fingerprint density at radius 2 is 1.83 bits per heavy atom. The third kappa shape index (κ3) is 5.12. The normalized spacial score (nSPS) is 10.4. The van der Waals surface area contributed by atoms with E-state index in [9.17, 15) is 14.0 Å². The fraction of sp³-hybridized carbons (Fsp3) is 0.190. The summed E-state index contributed by atoms with van der Waals surface area (Å²) in [6.07, 6.45) is -0.00176. The second kappa shape index (κ2) is 9.36. The summed E-state index contributed by atoms with van der Waals surface area (Å²) in [5.74, 6) is -0.126. The van der Waals surface area contributed by atoms with Gasteiger partial charge in [-0.25, -0.2) is 9.37 Å². The molecule has 0 unspecified atom stereocenters. The third-order valence-electron chi connectivity index (χ3n) is 4.22. The molecule has 0 aliphatic rings. The molecule has 0 bridgehead atoms. The lowest BCUT2D eigenvalue weighted by atomic mass is 10.2. The lowest BCUT2D eigenvalue weighted by Gasteiger charge is -2.09. The highest BCUT2D eigenvalue weighted by atomic mass is 32.1. The van der Waals surface area contributed by atoms with Gasteiger partial charge in [0.2, 0.25) is 5.91 Å². The van der Waals surface area contributed by atoms with Crippen molar-refractivity contribution >= 4 is 34.0 Å². The van der Waals surface area contributed by atoms with Crippen molar-refractivity contribution < 1.29 is 23.5 Å². The van der Waals surface area contributed by atoms with Gasteiger partial charge in [0.15, 0.2) is 16.6 Å². The van der Waals surface area contributed by atoms with Gasteiger partial charge in [0.05, 0.1) is 26.3 Å². The second-order valence-corrected chi connectivity index (χ2v) is 7.21. The van der Waals surface area contributed by atoms with Crippen molar-refractivity contribution in [2.45, 2.75) is 13.3 Å². The first-order chi connectivity index (χ1) is 14.4. The molecule has 9 heteroatoms. The van der Waals surface area contributed by atoms with Gasteiger partial charge in [-0.05, 0) is 42.8 Å². The number of benzene rings is 2. The van der Waals surface area contributed by atoms with E-state index in [1.807, 2.05) is 0 Å². The molecule has 0 radical (unpaired) electrons. The van der Waals surface area contributed by atoms with Crippen molar-refractivity contribution in [3.8, 4) is 11.5 Å². The van der Waals surface area contributed by atoms with Crippen LogP contribution in [0.2, 0.25) is 0 Å². The molecule has 0 atom stereocenters. The largest absolute Gasteiger partial charge is 0.493 e. The standard InChI is InChI=1S/C21H20FN3O4S/c1-12-4-6-14(9-16(12)22)23-19(26)10-15-11-30-21(24-15)25-20(27)13-5-7-17(28-2)18(8-13)29-3/h4-9,11H,10H2,1-3H3,(H,23,26)(H,24,25,27). The average Bonchev–Trinajstić information content (AvgIpc) is 3.16. The van der Waals surface area contributed by atoms with Crippen LogP contribution in [0.1, 0.15) is 21.6 Å². The zero-order valence-electron chi connectivity index (χ0n) is 16.6. The Morgan fingerprint density at radius 1 is 1.07 bits per heavy atom. The predicted molar refractivity (Wildman–Crippen MR) is 113 cm³/mol. The van der Waals surface area contributed by atoms with Gasteiger partial charge in [-0.3, -0.25) is 14.9 Å². The molecular weight excluding hydrogens is 409 g/mol. The first-order valence-electron chi connectivity index (χ1n) is 8.93. The number of ether oxygens (including phenoxy) is 2. The third-order valence-corrected chi connectivity index (χ3v) is 5.02. The number of aryl methyl sites for hydroxylation is 1. The molecule has 0 saturated heterocycles. The maximum absolute atomic E-state index is 13.6. The summed E-state index contributed by atoms with van der Waals surface area (Å²) in [4.78, 5) is 28.9. The van der Waals surface area contributed by atoms with Crippen molar-refractivity contribution in [3.05, 3.63) is 64.4 Å². The van der Waals surface area contributed by atoms with E-state index in [1.54, 1.807) is 42.6 Å². The van der Waals surface area contributed by atoms with Gasteiger partial charge in [-0.2, -0.15) is 0 Å². The number of aromatic nitrogens is 1. The van der Waals surface area contributed by atoms with E-state index in [0.717, 1.165) is 0 Å². The Balaban J connectivity index is 1.61. The molecule has 156 valence electrons. The maximum atomic E-state index is 13.6. The number of anilines is 2. The van der Waals surface area contributed by atoms with E-state index in [2.05, 4.69) is 15.6 Å². The molecule has 0 saturated carbocycles. The van der Waals surface area contributed by atoms with Gasteiger partial charge in [0.25, 0.3) is 5.91 Å². The Bertz CT molecular complexity index is 1080. The van der Waals surface area contributed by atoms with Gasteiger partial charge >= 0.3 is 0 Å². The second-order valence-electron chi connectivity index (χ2n) is 6.36. The molecular formula is C21H20FN3O4S. The molecule has 0 aliphatic heterocycles. The van der Waals surface area contributed by atoms with Crippen LogP contribution >= 0.6 is 11.3 Å². The van der Waals surface area contributed by atoms with Crippen LogP contribution in [0, 0.1) is 12.7 Å². The quantitative estimate of drug-likeness (QED) is 0.592. The van der Waals surface area contributed by atoms with Gasteiger partial charge < -0.3 is 14.8 Å². The Kier molecular flexibility index (Phi) is 6.63. The molecule has 2 N–H and O–H groups in total. The monoisotopic (exact) mass is 429 g/mol. The van der Waals surface area contributed by atoms with E-state index < -0.39 is 0 Å². The first-order valence-corrected chi connectivity index (χ1v) is 9.81. The fourth-order valence-electron chi connectivity index (χ4n) is 2.63. The smallest absolute Gasteiger partial charge is 0.257 e. The molecule has 3 aromatic rings. The number of hydrogen-bond donors (Lipinski definition) is 2. The van der Waals surface area contributed by atoms with E-state index in [0.29, 0.717) is 39.1 Å². The molecule has 0 fully saturated rings. The van der Waals surface area contributed by atoms with Crippen molar-refractivity contribution in [2.75, 3.05) is 24.9 Å².